The van der Waals surface area contributed by atoms with Crippen LogP contribution >= 0.6 is 0 Å². The molecule has 2 aromatic rings. The van der Waals surface area contributed by atoms with Gasteiger partial charge in [0.25, 0.3) is 0 Å². The van der Waals surface area contributed by atoms with Gasteiger partial charge in [0, 0.05) is 0 Å². The van der Waals surface area contributed by atoms with Crippen molar-refractivity contribution in [1.29, 1.82) is 0 Å². The Labute approximate surface area is 85.8 Å². The summed E-state index contributed by atoms with van der Waals surface area (Å²) in [5.74, 6) is 0.825. The number of hydrogen-bond donors (Lipinski definition) is 1. The van der Waals surface area contributed by atoms with Crippen molar-refractivity contribution in [3.63, 3.8) is 0 Å². The Kier molecular flexibility index (Phi) is 2.90. The fourth-order valence-corrected chi connectivity index (χ4v) is 3.10. The molecule has 2 rings (SSSR count). The van der Waals surface area contributed by atoms with Crippen molar-refractivity contribution in [2.24, 2.45) is 0 Å². The average Bonchev–Trinajstić information content (AvgIpc) is 2.69. The van der Waals surface area contributed by atoms with E-state index in [2.05, 4.69) is 44.9 Å². The number of nitrogens with one attached hydrogen (secondary N) is 1. The Morgan fingerprint density at radius 1 is 1.23 bits per heavy atom. The number of tetrazole rings is 1. The molecular formula is C8H8N4Te. The summed E-state index contributed by atoms with van der Waals surface area (Å²) < 4.78 is 2.39. The first-order valence-corrected chi connectivity index (χ1v) is 6.66. The molecule has 13 heavy (non-hydrogen) atoms. The van der Waals surface area contributed by atoms with Gasteiger partial charge in [-0.1, -0.05) is 0 Å². The minimum absolute atomic E-state index is 0.187. The van der Waals surface area contributed by atoms with Crippen molar-refractivity contribution >= 4 is 24.5 Å². The number of benzene rings is 1. The van der Waals surface area contributed by atoms with Crippen molar-refractivity contribution in [2.45, 2.75) is 4.47 Å². The first-order chi connectivity index (χ1) is 6.45. The van der Waals surface area contributed by atoms with Gasteiger partial charge in [-0.2, -0.15) is 0 Å². The summed E-state index contributed by atoms with van der Waals surface area (Å²) in [7, 11) is 0. The minimum atomic E-state index is -0.187. The van der Waals surface area contributed by atoms with E-state index in [1.807, 2.05) is 6.07 Å². The molecule has 5 heteroatoms. The predicted octanol–water partition coefficient (Wildman–Crippen LogP) is -0.271. The van der Waals surface area contributed by atoms with Gasteiger partial charge >= 0.3 is 85.8 Å². The van der Waals surface area contributed by atoms with Gasteiger partial charge < -0.3 is 0 Å². The van der Waals surface area contributed by atoms with Gasteiger partial charge in [0.1, 0.15) is 0 Å². The summed E-state index contributed by atoms with van der Waals surface area (Å²) in [6.45, 7) is 0. The molecule has 0 aliphatic rings. The quantitative estimate of drug-likeness (QED) is 0.791. The van der Waals surface area contributed by atoms with Gasteiger partial charge in [-0.3, -0.25) is 0 Å². The van der Waals surface area contributed by atoms with E-state index in [1.54, 1.807) is 0 Å². The molecule has 1 aromatic carbocycles. The molecule has 0 fully saturated rings. The number of H-pyrrole nitrogens is 1. The van der Waals surface area contributed by atoms with Crippen LogP contribution in [0.25, 0.3) is 0 Å². The van der Waals surface area contributed by atoms with Crippen LogP contribution in [0.15, 0.2) is 30.3 Å². The molecule has 0 unspecified atom stereocenters. The Bertz CT molecular complexity index is 346. The molecule has 66 valence electrons. The van der Waals surface area contributed by atoms with E-state index in [4.69, 9.17) is 0 Å². The molecule has 0 aliphatic carbocycles. The summed E-state index contributed by atoms with van der Waals surface area (Å²) in [6.07, 6.45) is 0. The van der Waals surface area contributed by atoms with Crippen LogP contribution in [-0.2, 0) is 4.47 Å². The van der Waals surface area contributed by atoms with Crippen LogP contribution in [0.3, 0.4) is 0 Å². The average molecular weight is 288 g/mol. The van der Waals surface area contributed by atoms with E-state index in [1.165, 1.54) is 3.61 Å². The third-order valence-electron chi connectivity index (χ3n) is 1.50. The molecule has 0 bridgehead atoms. The molecule has 0 atom stereocenters. The van der Waals surface area contributed by atoms with Gasteiger partial charge in [-0.15, -0.1) is 0 Å². The van der Waals surface area contributed by atoms with Crippen LogP contribution in [0.5, 0.6) is 0 Å². The molecule has 0 radical (unpaired) electrons. The molecule has 0 spiro atoms. The Hall–Kier alpha value is -0.920. The number of hydrogen-bond acceptors (Lipinski definition) is 3. The van der Waals surface area contributed by atoms with Crippen LogP contribution in [0.2, 0.25) is 0 Å². The molecule has 0 saturated heterocycles. The summed E-state index contributed by atoms with van der Waals surface area (Å²) >= 11 is -0.187. The first-order valence-electron chi connectivity index (χ1n) is 3.85. The molecule has 0 amide bonds. The van der Waals surface area contributed by atoms with Crippen molar-refractivity contribution in [1.82, 2.24) is 20.6 Å². The Morgan fingerprint density at radius 3 is 2.77 bits per heavy atom. The van der Waals surface area contributed by atoms with Gasteiger partial charge in [-0.25, -0.2) is 0 Å². The van der Waals surface area contributed by atoms with Gasteiger partial charge in [0.2, 0.25) is 0 Å². The Morgan fingerprint density at radius 2 is 2.08 bits per heavy atom. The van der Waals surface area contributed by atoms with E-state index >= 15 is 0 Å². The van der Waals surface area contributed by atoms with Crippen molar-refractivity contribution in [3.05, 3.63) is 36.2 Å². The fourth-order valence-electron chi connectivity index (χ4n) is 0.908. The zero-order chi connectivity index (χ0) is 8.93. The first kappa shape index (κ1) is 8.67. The van der Waals surface area contributed by atoms with E-state index < -0.39 is 0 Å². The van der Waals surface area contributed by atoms with E-state index in [0.29, 0.717) is 0 Å². The van der Waals surface area contributed by atoms with Gasteiger partial charge in [-0.05, 0) is 0 Å². The molecule has 1 heterocycles. The topological polar surface area (TPSA) is 54.5 Å². The zero-order valence-electron chi connectivity index (χ0n) is 6.84. The summed E-state index contributed by atoms with van der Waals surface area (Å²) in [5.41, 5.74) is 0. The number of aromatic nitrogens is 4. The monoisotopic (exact) mass is 290 g/mol. The SMILES string of the molecule is c1ccc([Te]Cc2nn[nH]n2)cc1. The predicted molar refractivity (Wildman–Crippen MR) is 49.7 cm³/mol. The second-order valence-corrected chi connectivity index (χ2v) is 5.42. The zero-order valence-corrected chi connectivity index (χ0v) is 9.17. The van der Waals surface area contributed by atoms with E-state index in [0.717, 1.165) is 10.3 Å². The third-order valence-corrected chi connectivity index (χ3v) is 4.38. The Balaban J connectivity index is 1.94. The molecule has 1 N–H and O–H groups in total. The molecule has 1 aromatic heterocycles. The maximum absolute atomic E-state index is 3.92. The van der Waals surface area contributed by atoms with Crippen LogP contribution < -0.4 is 3.61 Å². The second-order valence-electron chi connectivity index (χ2n) is 2.43. The van der Waals surface area contributed by atoms with Crippen molar-refractivity contribution < 1.29 is 0 Å². The summed E-state index contributed by atoms with van der Waals surface area (Å²) in [5, 5.41) is 13.8. The summed E-state index contributed by atoms with van der Waals surface area (Å²) in [4.78, 5) is 0. The van der Waals surface area contributed by atoms with E-state index in [9.17, 15) is 0 Å². The third kappa shape index (κ3) is 2.51. The molecule has 0 saturated carbocycles. The maximum atomic E-state index is 3.92. The van der Waals surface area contributed by atoms with Crippen LogP contribution in [0, 0.1) is 0 Å². The molecular weight excluding hydrogens is 280 g/mol. The van der Waals surface area contributed by atoms with Crippen molar-refractivity contribution in [2.75, 3.05) is 0 Å². The standard InChI is InChI=1S/C8H8N4Te/c1-2-4-7(5-3-1)13-6-8-9-11-12-10-8/h1-5H,6H2,(H,9,10,11,12). The van der Waals surface area contributed by atoms with Crippen LogP contribution in [-0.4, -0.2) is 41.5 Å². The van der Waals surface area contributed by atoms with Gasteiger partial charge in [0.15, 0.2) is 0 Å². The molecule has 4 nitrogen and oxygen atoms in total. The normalized spacial score (nSPS) is 10.2. The van der Waals surface area contributed by atoms with Crippen LogP contribution in [0.4, 0.5) is 0 Å². The number of aromatic amines is 1. The second kappa shape index (κ2) is 4.35. The fraction of sp³-hybridized carbons (Fsp3) is 0.125. The van der Waals surface area contributed by atoms with Crippen LogP contribution in [0.1, 0.15) is 5.82 Å². The van der Waals surface area contributed by atoms with Gasteiger partial charge in [0.05, 0.1) is 0 Å². The van der Waals surface area contributed by atoms with Crippen molar-refractivity contribution in [3.8, 4) is 0 Å². The number of nitrogens with zero attached hydrogens (tertiary/aromatic N) is 3. The summed E-state index contributed by atoms with van der Waals surface area (Å²) in [6, 6.07) is 10.5. The number of rotatable bonds is 3. The molecule has 0 aliphatic heterocycles. The van der Waals surface area contributed by atoms with E-state index in [-0.39, 0.29) is 20.9 Å².